The van der Waals surface area contributed by atoms with E-state index in [0.717, 1.165) is 6.07 Å². The van der Waals surface area contributed by atoms with Crippen molar-refractivity contribution in [3.63, 3.8) is 0 Å². The van der Waals surface area contributed by atoms with Gasteiger partial charge in [-0.3, -0.25) is 14.6 Å². The predicted molar refractivity (Wildman–Crippen MR) is 70.9 cm³/mol. The van der Waals surface area contributed by atoms with Crippen LogP contribution in [0.2, 0.25) is 0 Å². The van der Waals surface area contributed by atoms with Crippen molar-refractivity contribution in [3.05, 3.63) is 65.2 Å². The van der Waals surface area contributed by atoms with Crippen LogP contribution >= 0.6 is 0 Å². The van der Waals surface area contributed by atoms with Crippen molar-refractivity contribution in [2.75, 3.05) is 0 Å². The molecule has 0 N–H and O–H groups in total. The van der Waals surface area contributed by atoms with E-state index in [2.05, 4.69) is 4.98 Å². The number of carbonyl (C=O) groups is 3. The average Bonchev–Trinajstić information content (AvgIpc) is 2.75. The Morgan fingerprint density at radius 3 is 2.32 bits per heavy atom. The number of benzene rings is 1. The molecule has 2 heterocycles. The molecule has 1 aliphatic rings. The van der Waals surface area contributed by atoms with Crippen LogP contribution in [0.5, 0.6) is 0 Å². The van der Waals surface area contributed by atoms with E-state index in [9.17, 15) is 18.8 Å². The minimum absolute atomic E-state index is 0.121. The summed E-state index contributed by atoms with van der Waals surface area (Å²) in [6.07, 6.45) is 0.841. The van der Waals surface area contributed by atoms with E-state index < -0.39 is 30.0 Å². The Morgan fingerprint density at radius 2 is 1.73 bits per heavy atom. The molecule has 3 rings (SSSR count). The maximum Gasteiger partial charge on any atom is 0.339 e. The summed E-state index contributed by atoms with van der Waals surface area (Å²) >= 11 is 0. The molecule has 22 heavy (non-hydrogen) atoms. The second-order valence-electron chi connectivity index (χ2n) is 4.52. The van der Waals surface area contributed by atoms with E-state index in [4.69, 9.17) is 4.84 Å². The highest BCUT2D eigenvalue weighted by Gasteiger charge is 2.38. The van der Waals surface area contributed by atoms with Crippen molar-refractivity contribution < 1.29 is 23.6 Å². The summed E-state index contributed by atoms with van der Waals surface area (Å²) in [5, 5.41) is 0.383. The van der Waals surface area contributed by atoms with E-state index >= 15 is 0 Å². The molecular formula is C15H9FN2O4. The lowest BCUT2D eigenvalue weighted by molar-refractivity contribution is -0.167. The number of hydrogen-bond acceptors (Lipinski definition) is 5. The lowest BCUT2D eigenvalue weighted by Crippen LogP contribution is -2.33. The van der Waals surface area contributed by atoms with Crippen LogP contribution in [0.4, 0.5) is 4.39 Å². The molecule has 0 fully saturated rings. The van der Waals surface area contributed by atoms with Crippen LogP contribution in [-0.2, 0) is 16.1 Å². The van der Waals surface area contributed by atoms with Crippen molar-refractivity contribution >= 4 is 17.8 Å². The molecule has 7 heteroatoms. The zero-order valence-electron chi connectivity index (χ0n) is 11.2. The van der Waals surface area contributed by atoms with Crippen LogP contribution in [0.3, 0.4) is 0 Å². The Hall–Kier alpha value is -3.09. The third-order valence-corrected chi connectivity index (χ3v) is 3.10. The average molecular weight is 300 g/mol. The van der Waals surface area contributed by atoms with Gasteiger partial charge in [0.1, 0.15) is 5.82 Å². The van der Waals surface area contributed by atoms with Crippen LogP contribution < -0.4 is 0 Å². The van der Waals surface area contributed by atoms with E-state index in [0.29, 0.717) is 5.06 Å². The van der Waals surface area contributed by atoms with Gasteiger partial charge in [-0.2, -0.15) is 0 Å². The lowest BCUT2D eigenvalue weighted by atomic mass is 10.1. The summed E-state index contributed by atoms with van der Waals surface area (Å²) in [4.78, 5) is 44.3. The number of nitrogens with zero attached hydrogens (tertiary/aromatic N) is 2. The van der Waals surface area contributed by atoms with Crippen LogP contribution in [0.25, 0.3) is 0 Å². The second-order valence-corrected chi connectivity index (χ2v) is 4.52. The van der Waals surface area contributed by atoms with Crippen molar-refractivity contribution in [2.45, 2.75) is 6.42 Å². The summed E-state index contributed by atoms with van der Waals surface area (Å²) in [7, 11) is 0. The molecule has 0 aliphatic carbocycles. The fourth-order valence-corrected chi connectivity index (χ4v) is 2.07. The first kappa shape index (κ1) is 13.9. The minimum Gasteiger partial charge on any atom is -0.329 e. The maximum absolute atomic E-state index is 13.4. The largest absolute Gasteiger partial charge is 0.339 e. The number of fused-ring (bicyclic) bond motifs is 1. The van der Waals surface area contributed by atoms with Crippen molar-refractivity contribution in [2.24, 2.45) is 0 Å². The molecule has 0 spiro atoms. The van der Waals surface area contributed by atoms with Crippen LogP contribution in [0.1, 0.15) is 26.4 Å². The van der Waals surface area contributed by atoms with Gasteiger partial charge in [0.15, 0.2) is 0 Å². The summed E-state index contributed by atoms with van der Waals surface area (Å²) < 4.78 is 13.4. The zero-order chi connectivity index (χ0) is 15.7. The standard InChI is InChI=1S/C15H9FN2O4/c16-11-6-3-7-17-12(11)8-13(19)22-18-14(20)9-4-1-2-5-10(9)15(18)21/h1-7H,8H2. The highest BCUT2D eigenvalue weighted by atomic mass is 19.1. The number of rotatable bonds is 3. The number of imide groups is 1. The number of aromatic nitrogens is 1. The molecule has 1 aliphatic heterocycles. The molecule has 2 amide bonds. The highest BCUT2D eigenvalue weighted by Crippen LogP contribution is 2.22. The fourth-order valence-electron chi connectivity index (χ4n) is 2.07. The molecule has 1 aromatic heterocycles. The molecule has 0 radical (unpaired) electrons. The summed E-state index contributed by atoms with van der Waals surface area (Å²) in [5.41, 5.74) is 0.192. The monoisotopic (exact) mass is 300 g/mol. The number of carbonyl (C=O) groups excluding carboxylic acids is 3. The number of pyridine rings is 1. The molecular weight excluding hydrogens is 291 g/mol. The van der Waals surface area contributed by atoms with Gasteiger partial charge in [-0.1, -0.05) is 17.2 Å². The van der Waals surface area contributed by atoms with Gasteiger partial charge in [-0.15, -0.1) is 0 Å². The van der Waals surface area contributed by atoms with E-state index in [1.165, 1.54) is 24.4 Å². The van der Waals surface area contributed by atoms with E-state index in [1.54, 1.807) is 12.1 Å². The third kappa shape index (κ3) is 2.32. The molecule has 6 nitrogen and oxygen atoms in total. The molecule has 110 valence electrons. The smallest absolute Gasteiger partial charge is 0.329 e. The Bertz CT molecular complexity index is 756. The number of halogens is 1. The summed E-state index contributed by atoms with van der Waals surface area (Å²) in [5.74, 6) is -3.07. The quantitative estimate of drug-likeness (QED) is 0.803. The second kappa shape index (κ2) is 5.36. The fraction of sp³-hybridized carbons (Fsp3) is 0.0667. The highest BCUT2D eigenvalue weighted by molar-refractivity contribution is 6.20. The summed E-state index contributed by atoms with van der Waals surface area (Å²) in [6.45, 7) is 0. The van der Waals surface area contributed by atoms with Gasteiger partial charge >= 0.3 is 5.97 Å². The van der Waals surface area contributed by atoms with Gasteiger partial charge in [0, 0.05) is 6.20 Å². The van der Waals surface area contributed by atoms with Crippen LogP contribution in [0.15, 0.2) is 42.6 Å². The van der Waals surface area contributed by atoms with Gasteiger partial charge in [-0.25, -0.2) is 9.18 Å². The Morgan fingerprint density at radius 1 is 1.09 bits per heavy atom. The minimum atomic E-state index is -0.952. The maximum atomic E-state index is 13.4. The number of hydroxylamine groups is 2. The Kier molecular flexibility index (Phi) is 3.38. The zero-order valence-corrected chi connectivity index (χ0v) is 11.2. The van der Waals surface area contributed by atoms with Crippen molar-refractivity contribution in [1.82, 2.24) is 10.0 Å². The van der Waals surface area contributed by atoms with Crippen molar-refractivity contribution in [1.29, 1.82) is 0 Å². The summed E-state index contributed by atoms with van der Waals surface area (Å²) in [6, 6.07) is 8.65. The van der Waals surface area contributed by atoms with E-state index in [1.807, 2.05) is 0 Å². The first-order valence-corrected chi connectivity index (χ1v) is 6.36. The van der Waals surface area contributed by atoms with Gasteiger partial charge < -0.3 is 4.84 Å². The SMILES string of the molecule is O=C(Cc1ncccc1F)ON1C(=O)c2ccccc2C1=O. The van der Waals surface area contributed by atoms with Gasteiger partial charge in [0.05, 0.1) is 23.2 Å². The Balaban J connectivity index is 1.75. The molecule has 0 unspecified atom stereocenters. The number of amides is 2. The number of hydrogen-bond donors (Lipinski definition) is 0. The van der Waals surface area contributed by atoms with E-state index in [-0.39, 0.29) is 16.8 Å². The molecule has 0 atom stereocenters. The molecule has 0 saturated carbocycles. The molecule has 0 bridgehead atoms. The predicted octanol–water partition coefficient (Wildman–Crippen LogP) is 1.52. The lowest BCUT2D eigenvalue weighted by Gasteiger charge is -2.12. The van der Waals surface area contributed by atoms with Crippen LogP contribution in [-0.4, -0.2) is 27.8 Å². The van der Waals surface area contributed by atoms with Crippen molar-refractivity contribution in [3.8, 4) is 0 Å². The van der Waals surface area contributed by atoms with Gasteiger partial charge in [0.2, 0.25) is 0 Å². The molecule has 2 aromatic rings. The molecule has 1 aromatic carbocycles. The Labute approximate surface area is 124 Å². The van der Waals surface area contributed by atoms with Gasteiger partial charge in [-0.05, 0) is 24.3 Å². The first-order valence-electron chi connectivity index (χ1n) is 6.36. The first-order chi connectivity index (χ1) is 10.6. The normalized spacial score (nSPS) is 13.2. The topological polar surface area (TPSA) is 76.6 Å². The third-order valence-electron chi connectivity index (χ3n) is 3.10. The molecule has 0 saturated heterocycles. The van der Waals surface area contributed by atoms with Gasteiger partial charge in [0.25, 0.3) is 11.8 Å². The van der Waals surface area contributed by atoms with Crippen LogP contribution in [0, 0.1) is 5.82 Å².